The molecular formula is C15H15N15O. The lowest BCUT2D eigenvalue weighted by Crippen LogP contribution is -2.10. The lowest BCUT2D eigenvalue weighted by atomic mass is 10.5. The maximum atomic E-state index is 11.0. The molecule has 0 aliphatic rings. The Morgan fingerprint density at radius 2 is 1.10 bits per heavy atom. The quantitative estimate of drug-likeness (QED) is 0.157. The zero-order chi connectivity index (χ0) is 21.8. The second-order valence-electron chi connectivity index (χ2n) is 5.77. The number of anilines is 3. The highest BCUT2D eigenvalue weighted by Gasteiger charge is 2.02. The van der Waals surface area contributed by atoms with Crippen LogP contribution in [0.4, 0.5) is 17.6 Å². The first-order valence-corrected chi connectivity index (χ1v) is 8.51. The Kier molecular flexibility index (Phi) is 4.99. The van der Waals surface area contributed by atoms with Gasteiger partial charge in [0.05, 0.1) is 19.0 Å². The minimum atomic E-state index is -0.301. The fraction of sp³-hybridized carbons (Fsp3) is 0. The van der Waals surface area contributed by atoms with Crippen molar-refractivity contribution in [3.8, 4) is 0 Å². The first kappa shape index (κ1) is 19.2. The summed E-state index contributed by atoms with van der Waals surface area (Å²) in [5, 5.41) is 0. The van der Waals surface area contributed by atoms with Gasteiger partial charge >= 0.3 is 0 Å². The van der Waals surface area contributed by atoms with Crippen LogP contribution in [0.1, 0.15) is 0 Å². The Balaban J connectivity index is 0.000000112. The van der Waals surface area contributed by atoms with Gasteiger partial charge in [-0.25, -0.2) is 34.9 Å². The molecule has 6 aromatic heterocycles. The molecule has 0 aliphatic heterocycles. The summed E-state index contributed by atoms with van der Waals surface area (Å²) in [4.78, 5) is 52.3. The summed E-state index contributed by atoms with van der Waals surface area (Å²) in [7, 11) is 0. The summed E-state index contributed by atoms with van der Waals surface area (Å²) in [6.07, 6.45) is 7.24. The van der Waals surface area contributed by atoms with Crippen LogP contribution >= 0.6 is 0 Å². The van der Waals surface area contributed by atoms with Crippen molar-refractivity contribution in [2.45, 2.75) is 0 Å². The molecule has 0 radical (unpaired) electrons. The van der Waals surface area contributed by atoms with E-state index in [2.05, 4.69) is 59.8 Å². The molecule has 0 unspecified atom stereocenters. The Morgan fingerprint density at radius 3 is 1.61 bits per heavy atom. The zero-order valence-corrected chi connectivity index (χ0v) is 15.6. The number of nitrogens with zero attached hydrogens (tertiary/aromatic N) is 8. The molecule has 0 aliphatic carbocycles. The molecule has 0 bridgehead atoms. The number of imidazole rings is 3. The maximum absolute atomic E-state index is 11.0. The SMILES string of the molecule is Nc1nc2nc[nH]c2c(=O)[nH]1.Nc1ncnc2nc[nH]c12.Nc1ncnc2nc[nH]c12. The Bertz CT molecular complexity index is 1440. The van der Waals surface area contributed by atoms with Gasteiger partial charge in [-0.05, 0) is 0 Å². The van der Waals surface area contributed by atoms with E-state index in [4.69, 9.17) is 17.2 Å². The average molecular weight is 421 g/mol. The molecule has 156 valence electrons. The van der Waals surface area contributed by atoms with E-state index in [0.29, 0.717) is 45.1 Å². The van der Waals surface area contributed by atoms with Gasteiger partial charge in [-0.2, -0.15) is 4.98 Å². The Labute approximate surface area is 170 Å². The Morgan fingerprint density at radius 1 is 0.613 bits per heavy atom. The van der Waals surface area contributed by atoms with E-state index < -0.39 is 0 Å². The summed E-state index contributed by atoms with van der Waals surface area (Å²) in [5.41, 5.74) is 19.2. The van der Waals surface area contributed by atoms with Crippen LogP contribution in [-0.4, -0.2) is 59.8 Å². The van der Waals surface area contributed by atoms with E-state index in [9.17, 15) is 4.79 Å². The normalized spacial score (nSPS) is 10.5. The van der Waals surface area contributed by atoms with Gasteiger partial charge in [-0.1, -0.05) is 0 Å². The summed E-state index contributed by atoms with van der Waals surface area (Å²) in [6, 6.07) is 0. The van der Waals surface area contributed by atoms with E-state index in [0.717, 1.165) is 0 Å². The third kappa shape index (κ3) is 4.01. The minimum absolute atomic E-state index is 0.0783. The number of nitrogens with two attached hydrogens (primary N) is 3. The molecule has 0 fully saturated rings. The standard InChI is InChI=1S/C5H5N5O.2C5H5N5/c6-5-9-3-2(4(11)10-5)7-1-8-3;2*6-4-3-5(9-1-7-3)10-2-8-4/h1H,(H4,6,7,8,9,10,11);2*1-2H,(H3,6,7,8,9,10). The number of rotatable bonds is 0. The highest BCUT2D eigenvalue weighted by molar-refractivity contribution is 5.80. The van der Waals surface area contributed by atoms with Crippen LogP contribution in [0, 0.1) is 0 Å². The second kappa shape index (κ2) is 8.07. The van der Waals surface area contributed by atoms with Gasteiger partial charge in [-0.3, -0.25) is 9.78 Å². The van der Waals surface area contributed by atoms with Crippen molar-refractivity contribution in [1.82, 2.24) is 59.8 Å². The van der Waals surface area contributed by atoms with Crippen molar-refractivity contribution >= 4 is 51.1 Å². The fourth-order valence-electron chi connectivity index (χ4n) is 2.43. The van der Waals surface area contributed by atoms with E-state index in [1.807, 2.05) is 0 Å². The predicted octanol–water partition coefficient (Wildman–Crippen LogP) is -0.901. The molecular weight excluding hydrogens is 406 g/mol. The number of nitrogen functional groups attached to an aromatic ring is 3. The molecule has 0 atom stereocenters. The van der Waals surface area contributed by atoms with E-state index >= 15 is 0 Å². The van der Waals surface area contributed by atoms with Crippen LogP contribution in [-0.2, 0) is 0 Å². The monoisotopic (exact) mass is 421 g/mol. The van der Waals surface area contributed by atoms with Crippen LogP contribution in [0.2, 0.25) is 0 Å². The molecule has 0 aromatic carbocycles. The molecule has 16 heteroatoms. The third-order valence-electron chi connectivity index (χ3n) is 3.82. The maximum Gasteiger partial charge on any atom is 0.278 e. The molecule has 0 spiro atoms. The van der Waals surface area contributed by atoms with Crippen molar-refractivity contribution in [3.63, 3.8) is 0 Å². The summed E-state index contributed by atoms with van der Waals surface area (Å²) in [6.45, 7) is 0. The topological polar surface area (TPSA) is 261 Å². The minimum Gasteiger partial charge on any atom is -0.382 e. The lowest BCUT2D eigenvalue weighted by molar-refractivity contribution is 1.17. The number of hydrogen-bond donors (Lipinski definition) is 7. The van der Waals surface area contributed by atoms with Crippen LogP contribution < -0.4 is 22.8 Å². The number of H-pyrrole nitrogens is 4. The molecule has 0 saturated carbocycles. The smallest absolute Gasteiger partial charge is 0.278 e. The van der Waals surface area contributed by atoms with Crippen molar-refractivity contribution in [3.05, 3.63) is 42.0 Å². The largest absolute Gasteiger partial charge is 0.382 e. The van der Waals surface area contributed by atoms with Crippen LogP contribution in [0.25, 0.3) is 33.5 Å². The summed E-state index contributed by atoms with van der Waals surface area (Å²) >= 11 is 0. The first-order valence-electron chi connectivity index (χ1n) is 8.51. The number of aromatic nitrogens is 12. The van der Waals surface area contributed by atoms with E-state index in [1.54, 1.807) is 0 Å². The lowest BCUT2D eigenvalue weighted by Gasteiger charge is -1.89. The van der Waals surface area contributed by atoms with Crippen molar-refractivity contribution in [2.24, 2.45) is 0 Å². The second-order valence-corrected chi connectivity index (χ2v) is 5.77. The predicted molar refractivity (Wildman–Crippen MR) is 111 cm³/mol. The van der Waals surface area contributed by atoms with Gasteiger partial charge in [-0.15, -0.1) is 0 Å². The zero-order valence-electron chi connectivity index (χ0n) is 15.6. The number of nitrogens with one attached hydrogen (secondary N) is 4. The summed E-state index contributed by atoms with van der Waals surface area (Å²) < 4.78 is 0. The molecule has 0 saturated heterocycles. The first-order chi connectivity index (χ1) is 15.0. The number of hydrogen-bond acceptors (Lipinski definition) is 12. The van der Waals surface area contributed by atoms with Crippen LogP contribution in [0.3, 0.4) is 0 Å². The van der Waals surface area contributed by atoms with Gasteiger partial charge in [0.2, 0.25) is 5.95 Å². The van der Waals surface area contributed by atoms with Crippen molar-refractivity contribution in [1.29, 1.82) is 0 Å². The van der Waals surface area contributed by atoms with Gasteiger partial charge in [0, 0.05) is 0 Å². The van der Waals surface area contributed by atoms with Gasteiger partial charge < -0.3 is 32.2 Å². The fourth-order valence-corrected chi connectivity index (χ4v) is 2.43. The van der Waals surface area contributed by atoms with Gasteiger partial charge in [0.15, 0.2) is 34.1 Å². The van der Waals surface area contributed by atoms with Crippen molar-refractivity contribution in [2.75, 3.05) is 17.2 Å². The average Bonchev–Trinajstić information content (AvgIpc) is 3.50. The molecule has 6 aromatic rings. The molecule has 0 amide bonds. The number of aromatic amines is 4. The van der Waals surface area contributed by atoms with Crippen LogP contribution in [0.15, 0.2) is 36.4 Å². The number of fused-ring (bicyclic) bond motifs is 3. The molecule has 10 N–H and O–H groups in total. The molecule has 6 heterocycles. The van der Waals surface area contributed by atoms with Crippen molar-refractivity contribution < 1.29 is 0 Å². The van der Waals surface area contributed by atoms with Crippen LogP contribution in [0.5, 0.6) is 0 Å². The highest BCUT2D eigenvalue weighted by Crippen LogP contribution is 2.10. The van der Waals surface area contributed by atoms with Gasteiger partial charge in [0.1, 0.15) is 23.7 Å². The summed E-state index contributed by atoms with van der Waals surface area (Å²) in [5.74, 6) is 0.944. The Hall–Kier alpha value is -5.15. The highest BCUT2D eigenvalue weighted by atomic mass is 16.1. The van der Waals surface area contributed by atoms with E-state index in [-0.39, 0.29) is 11.5 Å². The van der Waals surface area contributed by atoms with E-state index in [1.165, 1.54) is 31.6 Å². The molecule has 31 heavy (non-hydrogen) atoms. The molecule has 16 nitrogen and oxygen atoms in total. The molecule has 6 rings (SSSR count). The third-order valence-corrected chi connectivity index (χ3v) is 3.82. The van der Waals surface area contributed by atoms with Gasteiger partial charge in [0.25, 0.3) is 5.56 Å².